The van der Waals surface area contributed by atoms with Crippen LogP contribution < -0.4 is 5.32 Å². The molecule has 0 aliphatic carbocycles. The molecule has 1 heterocycles. The largest absolute Gasteiger partial charge is 0.381 e. The molecule has 0 atom stereocenters. The van der Waals surface area contributed by atoms with Crippen LogP contribution in [-0.2, 0) is 13.6 Å². The molecule has 0 amide bonds. The van der Waals surface area contributed by atoms with E-state index in [2.05, 4.69) is 17.6 Å². The van der Waals surface area contributed by atoms with Gasteiger partial charge in [0.2, 0.25) is 0 Å². The minimum absolute atomic E-state index is 0.192. The van der Waals surface area contributed by atoms with E-state index in [4.69, 9.17) is 0 Å². The number of hydrogen-bond donors (Lipinski definition) is 1. The van der Waals surface area contributed by atoms with Gasteiger partial charge in [0.05, 0.1) is 0 Å². The van der Waals surface area contributed by atoms with E-state index in [0.29, 0.717) is 0 Å². The van der Waals surface area contributed by atoms with E-state index in [1.54, 1.807) is 6.07 Å². The first kappa shape index (κ1) is 10.7. The highest BCUT2D eigenvalue weighted by Gasteiger charge is 2.00. The lowest BCUT2D eigenvalue weighted by Gasteiger charge is -2.08. The van der Waals surface area contributed by atoms with Crippen LogP contribution in [0.3, 0.4) is 0 Å². The van der Waals surface area contributed by atoms with Crippen molar-refractivity contribution in [3.05, 3.63) is 53.6 Å². The van der Waals surface area contributed by atoms with Crippen molar-refractivity contribution in [3.8, 4) is 0 Å². The summed E-state index contributed by atoms with van der Waals surface area (Å²) in [4.78, 5) is 0. The van der Waals surface area contributed by atoms with Gasteiger partial charge in [0.1, 0.15) is 5.82 Å². The summed E-state index contributed by atoms with van der Waals surface area (Å²) in [6.07, 6.45) is 4.07. The van der Waals surface area contributed by atoms with Gasteiger partial charge in [0.15, 0.2) is 0 Å². The molecule has 84 valence electrons. The van der Waals surface area contributed by atoms with Crippen LogP contribution in [0, 0.1) is 12.7 Å². The summed E-state index contributed by atoms with van der Waals surface area (Å²) in [6, 6.07) is 6.84. The maximum absolute atomic E-state index is 12.9. The molecule has 1 N–H and O–H groups in total. The van der Waals surface area contributed by atoms with Gasteiger partial charge in [-0.25, -0.2) is 4.39 Å². The second-order valence-electron chi connectivity index (χ2n) is 4.00. The lowest BCUT2D eigenvalue weighted by atomic mass is 10.2. The summed E-state index contributed by atoms with van der Waals surface area (Å²) in [6.45, 7) is 2.66. The second kappa shape index (κ2) is 4.39. The lowest BCUT2D eigenvalue weighted by molar-refractivity contribution is 0.627. The number of nitrogens with zero attached hydrogens (tertiary/aromatic N) is 1. The van der Waals surface area contributed by atoms with Gasteiger partial charge in [-0.1, -0.05) is 0 Å². The molecule has 3 heteroatoms. The van der Waals surface area contributed by atoms with Gasteiger partial charge in [-0.15, -0.1) is 0 Å². The van der Waals surface area contributed by atoms with Gasteiger partial charge in [0.25, 0.3) is 0 Å². The van der Waals surface area contributed by atoms with E-state index in [1.807, 2.05) is 24.7 Å². The molecule has 2 rings (SSSR count). The molecule has 2 aromatic rings. The molecule has 0 aliphatic rings. The summed E-state index contributed by atoms with van der Waals surface area (Å²) < 4.78 is 14.9. The number of halogens is 1. The molecule has 0 bridgehead atoms. The fraction of sp³-hybridized carbons (Fsp3) is 0.231. The zero-order valence-corrected chi connectivity index (χ0v) is 9.50. The first-order valence-electron chi connectivity index (χ1n) is 5.26. The smallest absolute Gasteiger partial charge is 0.123 e. The second-order valence-corrected chi connectivity index (χ2v) is 4.00. The Morgan fingerprint density at radius 1 is 1.31 bits per heavy atom. The Morgan fingerprint density at radius 3 is 2.75 bits per heavy atom. The number of anilines is 1. The van der Waals surface area contributed by atoms with Crippen LogP contribution in [0.25, 0.3) is 0 Å². The van der Waals surface area contributed by atoms with Crippen LogP contribution in [0.5, 0.6) is 0 Å². The molecule has 1 aromatic heterocycles. The number of nitrogens with one attached hydrogen (secondary N) is 1. The van der Waals surface area contributed by atoms with Crippen molar-refractivity contribution >= 4 is 5.69 Å². The minimum Gasteiger partial charge on any atom is -0.381 e. The lowest BCUT2D eigenvalue weighted by Crippen LogP contribution is -2.00. The Labute approximate surface area is 94.7 Å². The van der Waals surface area contributed by atoms with Gasteiger partial charge >= 0.3 is 0 Å². The average molecular weight is 218 g/mol. The summed E-state index contributed by atoms with van der Waals surface area (Å²) in [5, 5.41) is 3.29. The highest BCUT2D eigenvalue weighted by Crippen LogP contribution is 2.16. The minimum atomic E-state index is -0.192. The summed E-state index contributed by atoms with van der Waals surface area (Å²) in [7, 11) is 1.99. The van der Waals surface area contributed by atoms with Crippen molar-refractivity contribution in [1.82, 2.24) is 4.57 Å². The summed E-state index contributed by atoms with van der Waals surface area (Å²) in [5.41, 5.74) is 3.12. The van der Waals surface area contributed by atoms with E-state index in [1.165, 1.54) is 17.7 Å². The molecule has 1 aromatic carbocycles. The number of benzene rings is 1. The van der Waals surface area contributed by atoms with Gasteiger partial charge in [-0.05, 0) is 42.3 Å². The Hall–Kier alpha value is -1.77. The normalized spacial score (nSPS) is 10.4. The van der Waals surface area contributed by atoms with Crippen molar-refractivity contribution in [1.29, 1.82) is 0 Å². The van der Waals surface area contributed by atoms with E-state index < -0.39 is 0 Å². The molecular formula is C13H15FN2. The Morgan fingerprint density at radius 2 is 2.12 bits per heavy atom. The van der Waals surface area contributed by atoms with E-state index >= 15 is 0 Å². The SMILES string of the molecule is Cc1cc(F)ccc1NCc1ccn(C)c1. The monoisotopic (exact) mass is 218 g/mol. The van der Waals surface area contributed by atoms with Crippen molar-refractivity contribution in [2.45, 2.75) is 13.5 Å². The predicted molar refractivity (Wildman–Crippen MR) is 63.9 cm³/mol. The Kier molecular flexibility index (Phi) is 2.95. The molecule has 0 unspecified atom stereocenters. The van der Waals surface area contributed by atoms with Crippen LogP contribution in [0.1, 0.15) is 11.1 Å². The quantitative estimate of drug-likeness (QED) is 0.837. The molecule has 0 fully saturated rings. The first-order chi connectivity index (χ1) is 7.65. The highest BCUT2D eigenvalue weighted by molar-refractivity contribution is 5.50. The standard InChI is InChI=1S/C13H15FN2/c1-10-7-12(14)3-4-13(10)15-8-11-5-6-16(2)9-11/h3-7,9,15H,8H2,1-2H3. The summed E-state index contributed by atoms with van der Waals surface area (Å²) in [5.74, 6) is -0.192. The third-order valence-electron chi connectivity index (χ3n) is 2.56. The van der Waals surface area contributed by atoms with E-state index in [-0.39, 0.29) is 5.82 Å². The fourth-order valence-electron chi connectivity index (χ4n) is 1.69. The topological polar surface area (TPSA) is 17.0 Å². The van der Waals surface area contributed by atoms with Gasteiger partial charge in [-0.3, -0.25) is 0 Å². The average Bonchev–Trinajstić information content (AvgIpc) is 2.63. The van der Waals surface area contributed by atoms with Gasteiger partial charge < -0.3 is 9.88 Å². The maximum Gasteiger partial charge on any atom is 0.123 e. The van der Waals surface area contributed by atoms with Gasteiger partial charge in [0, 0.05) is 31.7 Å². The predicted octanol–water partition coefficient (Wildman–Crippen LogP) is 3.08. The fourth-order valence-corrected chi connectivity index (χ4v) is 1.69. The molecule has 0 saturated heterocycles. The van der Waals surface area contributed by atoms with Crippen molar-refractivity contribution in [2.24, 2.45) is 7.05 Å². The van der Waals surface area contributed by atoms with Crippen molar-refractivity contribution in [3.63, 3.8) is 0 Å². The number of aromatic nitrogens is 1. The van der Waals surface area contributed by atoms with E-state index in [0.717, 1.165) is 17.8 Å². The van der Waals surface area contributed by atoms with Crippen molar-refractivity contribution in [2.75, 3.05) is 5.32 Å². The Bertz CT molecular complexity index is 488. The molecule has 0 saturated carbocycles. The first-order valence-corrected chi connectivity index (χ1v) is 5.26. The van der Waals surface area contributed by atoms with Crippen molar-refractivity contribution < 1.29 is 4.39 Å². The number of aryl methyl sites for hydroxylation is 2. The van der Waals surface area contributed by atoms with E-state index in [9.17, 15) is 4.39 Å². The zero-order chi connectivity index (χ0) is 11.5. The van der Waals surface area contributed by atoms with Crippen LogP contribution >= 0.6 is 0 Å². The third kappa shape index (κ3) is 2.42. The number of hydrogen-bond acceptors (Lipinski definition) is 1. The molecular weight excluding hydrogens is 203 g/mol. The van der Waals surface area contributed by atoms with Crippen LogP contribution in [-0.4, -0.2) is 4.57 Å². The maximum atomic E-state index is 12.9. The summed E-state index contributed by atoms with van der Waals surface area (Å²) >= 11 is 0. The molecule has 0 radical (unpaired) electrons. The molecule has 0 spiro atoms. The highest BCUT2D eigenvalue weighted by atomic mass is 19.1. The Balaban J connectivity index is 2.04. The van der Waals surface area contributed by atoms with Crippen LogP contribution in [0.15, 0.2) is 36.7 Å². The van der Waals surface area contributed by atoms with Gasteiger partial charge in [-0.2, -0.15) is 0 Å². The molecule has 0 aliphatic heterocycles. The zero-order valence-electron chi connectivity index (χ0n) is 9.50. The van der Waals surface area contributed by atoms with Crippen LogP contribution in [0.4, 0.5) is 10.1 Å². The van der Waals surface area contributed by atoms with Crippen LogP contribution in [0.2, 0.25) is 0 Å². The third-order valence-corrected chi connectivity index (χ3v) is 2.56. The molecule has 2 nitrogen and oxygen atoms in total. The number of rotatable bonds is 3. The molecule has 16 heavy (non-hydrogen) atoms.